The van der Waals surface area contributed by atoms with Gasteiger partial charge in [0.05, 0.1) is 40.0 Å². The summed E-state index contributed by atoms with van der Waals surface area (Å²) >= 11 is 0. The highest BCUT2D eigenvalue weighted by molar-refractivity contribution is 14.0. The van der Waals surface area contributed by atoms with Gasteiger partial charge in [-0.05, 0) is 49.3 Å². The van der Waals surface area contributed by atoms with E-state index in [-0.39, 0.29) is 30.0 Å². The normalized spacial score (nSPS) is 21.6. The second-order valence-corrected chi connectivity index (χ2v) is 9.00. The molecule has 1 unspecified atom stereocenters. The third-order valence-corrected chi connectivity index (χ3v) is 7.18. The van der Waals surface area contributed by atoms with Gasteiger partial charge in [-0.1, -0.05) is 12.5 Å². The van der Waals surface area contributed by atoms with Crippen molar-refractivity contribution in [1.29, 1.82) is 0 Å². The minimum absolute atomic E-state index is 0. The number of benzene rings is 1. The van der Waals surface area contributed by atoms with Gasteiger partial charge in [0, 0.05) is 32.7 Å². The van der Waals surface area contributed by atoms with Gasteiger partial charge < -0.3 is 24.4 Å². The fourth-order valence-electron chi connectivity index (χ4n) is 5.18. The molecule has 2 heterocycles. The van der Waals surface area contributed by atoms with Crippen molar-refractivity contribution >= 4 is 29.9 Å². The van der Waals surface area contributed by atoms with Crippen LogP contribution < -0.4 is 14.8 Å². The molecule has 4 rings (SSSR count). The minimum atomic E-state index is 0. The molecule has 1 atom stereocenters. The molecule has 8 heteroatoms. The summed E-state index contributed by atoms with van der Waals surface area (Å²) in [6, 6.07) is 6.42. The maximum absolute atomic E-state index is 5.61. The number of morpholine rings is 1. The smallest absolute Gasteiger partial charge is 0.194 e. The number of nitrogens with one attached hydrogen (secondary N) is 1. The molecule has 1 aromatic carbocycles. The van der Waals surface area contributed by atoms with Crippen molar-refractivity contribution in [3.63, 3.8) is 0 Å². The van der Waals surface area contributed by atoms with Gasteiger partial charge in [0.25, 0.3) is 0 Å². The topological polar surface area (TPSA) is 58.6 Å². The standard InChI is InChI=1S/C24H38N4O3.HI/c1-4-25-23(28-11-10-24(18-28)8-5-9-24)26-17-20(27-12-14-31-15-13-27)19-6-7-21(29-2)22(16-19)30-3;/h6-7,16,20H,4-5,8-15,17-18H2,1-3H3,(H,25,26);1H. The van der Waals surface area contributed by atoms with Crippen molar-refractivity contribution < 1.29 is 14.2 Å². The number of halogens is 1. The Kier molecular flexibility index (Phi) is 9.31. The molecule has 0 aromatic heterocycles. The van der Waals surface area contributed by atoms with Crippen LogP contribution in [-0.2, 0) is 4.74 Å². The van der Waals surface area contributed by atoms with Crippen molar-refractivity contribution in [3.05, 3.63) is 23.8 Å². The first kappa shape index (κ1) is 25.4. The van der Waals surface area contributed by atoms with Crippen molar-refractivity contribution in [2.75, 3.05) is 66.7 Å². The Morgan fingerprint density at radius 1 is 1.12 bits per heavy atom. The largest absolute Gasteiger partial charge is 0.493 e. The van der Waals surface area contributed by atoms with Crippen LogP contribution in [0.1, 0.15) is 44.2 Å². The third kappa shape index (κ3) is 5.62. The number of nitrogens with zero attached hydrogens (tertiary/aromatic N) is 3. The molecule has 1 aromatic rings. The highest BCUT2D eigenvalue weighted by Crippen LogP contribution is 2.47. The first-order valence-electron chi connectivity index (χ1n) is 11.7. The molecule has 0 bridgehead atoms. The van der Waals surface area contributed by atoms with Crippen molar-refractivity contribution in [2.24, 2.45) is 10.4 Å². The lowest BCUT2D eigenvalue weighted by Gasteiger charge is -2.38. The van der Waals surface area contributed by atoms with Gasteiger partial charge in [-0.25, -0.2) is 0 Å². The van der Waals surface area contributed by atoms with Gasteiger partial charge in [-0.15, -0.1) is 24.0 Å². The molecule has 0 amide bonds. The number of methoxy groups -OCH3 is 2. The molecule has 3 fully saturated rings. The number of aliphatic imine (C=N–C) groups is 1. The molecule has 0 radical (unpaired) electrons. The van der Waals surface area contributed by atoms with E-state index in [9.17, 15) is 0 Å². The Balaban J connectivity index is 0.00000289. The first-order chi connectivity index (χ1) is 15.2. The van der Waals surface area contributed by atoms with Crippen LogP contribution in [0.15, 0.2) is 23.2 Å². The highest BCUT2D eigenvalue weighted by atomic mass is 127. The number of guanidine groups is 1. The van der Waals surface area contributed by atoms with E-state index in [2.05, 4.69) is 34.2 Å². The van der Waals surface area contributed by atoms with Crippen LogP contribution in [0, 0.1) is 5.41 Å². The Morgan fingerprint density at radius 2 is 1.88 bits per heavy atom. The molecule has 2 aliphatic heterocycles. The van der Waals surface area contributed by atoms with Crippen LogP contribution in [-0.4, -0.2) is 82.5 Å². The van der Waals surface area contributed by atoms with Crippen LogP contribution in [0.4, 0.5) is 0 Å². The van der Waals surface area contributed by atoms with Gasteiger partial charge in [0.2, 0.25) is 0 Å². The predicted molar refractivity (Wildman–Crippen MR) is 139 cm³/mol. The number of ether oxygens (including phenoxy) is 3. The zero-order chi connectivity index (χ0) is 21.7. The van der Waals surface area contributed by atoms with E-state index in [0.29, 0.717) is 12.0 Å². The fourth-order valence-corrected chi connectivity index (χ4v) is 5.18. The Morgan fingerprint density at radius 3 is 2.47 bits per heavy atom. The number of rotatable bonds is 7. The lowest BCUT2D eigenvalue weighted by atomic mass is 9.68. The lowest BCUT2D eigenvalue weighted by molar-refractivity contribution is 0.0179. The molecule has 7 nitrogen and oxygen atoms in total. The Labute approximate surface area is 209 Å². The van der Waals surface area contributed by atoms with E-state index < -0.39 is 0 Å². The molecular weight excluding hydrogens is 519 g/mol. The van der Waals surface area contributed by atoms with Crippen LogP contribution in [0.5, 0.6) is 11.5 Å². The quantitative estimate of drug-likeness (QED) is 0.314. The average molecular weight is 559 g/mol. The summed E-state index contributed by atoms with van der Waals surface area (Å²) in [5.41, 5.74) is 1.76. The van der Waals surface area contributed by atoms with E-state index in [0.717, 1.165) is 63.4 Å². The molecule has 32 heavy (non-hydrogen) atoms. The van der Waals surface area contributed by atoms with Gasteiger partial charge in [-0.3, -0.25) is 9.89 Å². The summed E-state index contributed by atoms with van der Waals surface area (Å²) in [5, 5.41) is 3.55. The monoisotopic (exact) mass is 558 g/mol. The van der Waals surface area contributed by atoms with Crippen molar-refractivity contribution in [3.8, 4) is 11.5 Å². The van der Waals surface area contributed by atoms with Crippen LogP contribution in [0.3, 0.4) is 0 Å². The molecular formula is C24H39IN4O3. The molecule has 1 spiro atoms. The van der Waals surface area contributed by atoms with Crippen molar-refractivity contribution in [2.45, 2.75) is 38.6 Å². The van der Waals surface area contributed by atoms with E-state index >= 15 is 0 Å². The van der Waals surface area contributed by atoms with Crippen LogP contribution >= 0.6 is 24.0 Å². The number of likely N-dealkylation sites (tertiary alicyclic amines) is 1. The van der Waals surface area contributed by atoms with Gasteiger partial charge >= 0.3 is 0 Å². The SMILES string of the molecule is CCNC(=NCC(c1ccc(OC)c(OC)c1)N1CCOCC1)N1CCC2(CCC2)C1.I. The summed E-state index contributed by atoms with van der Waals surface area (Å²) in [6.45, 7) is 9.38. The molecule has 1 aliphatic carbocycles. The Bertz CT molecular complexity index is 766. The number of hydrogen-bond donors (Lipinski definition) is 1. The molecule has 3 aliphatic rings. The third-order valence-electron chi connectivity index (χ3n) is 7.18. The predicted octanol–water partition coefficient (Wildman–Crippen LogP) is 3.54. The second-order valence-electron chi connectivity index (χ2n) is 9.00. The number of hydrogen-bond acceptors (Lipinski definition) is 5. The summed E-state index contributed by atoms with van der Waals surface area (Å²) in [6.07, 6.45) is 5.45. The molecule has 2 saturated heterocycles. The zero-order valence-electron chi connectivity index (χ0n) is 19.8. The van der Waals surface area contributed by atoms with Gasteiger partial charge in [0.1, 0.15) is 0 Å². The fraction of sp³-hybridized carbons (Fsp3) is 0.708. The van der Waals surface area contributed by atoms with E-state index in [4.69, 9.17) is 19.2 Å². The van der Waals surface area contributed by atoms with Gasteiger partial charge in [0.15, 0.2) is 17.5 Å². The minimum Gasteiger partial charge on any atom is -0.493 e. The average Bonchev–Trinajstić information content (AvgIpc) is 3.25. The molecule has 180 valence electrons. The van der Waals surface area contributed by atoms with Crippen molar-refractivity contribution in [1.82, 2.24) is 15.1 Å². The summed E-state index contributed by atoms with van der Waals surface area (Å²) in [4.78, 5) is 10.1. The summed E-state index contributed by atoms with van der Waals surface area (Å²) < 4.78 is 16.6. The zero-order valence-corrected chi connectivity index (χ0v) is 22.1. The van der Waals surface area contributed by atoms with Gasteiger partial charge in [-0.2, -0.15) is 0 Å². The highest BCUT2D eigenvalue weighted by Gasteiger charge is 2.43. The second kappa shape index (κ2) is 11.7. The summed E-state index contributed by atoms with van der Waals surface area (Å²) in [5.74, 6) is 2.58. The molecule has 1 saturated carbocycles. The van der Waals surface area contributed by atoms with E-state index in [1.807, 2.05) is 6.07 Å². The first-order valence-corrected chi connectivity index (χ1v) is 11.7. The van der Waals surface area contributed by atoms with Crippen LogP contribution in [0.2, 0.25) is 0 Å². The van der Waals surface area contributed by atoms with E-state index in [1.54, 1.807) is 14.2 Å². The maximum atomic E-state index is 5.61. The van der Waals surface area contributed by atoms with Crippen LogP contribution in [0.25, 0.3) is 0 Å². The van der Waals surface area contributed by atoms with E-state index in [1.165, 1.54) is 31.2 Å². The summed E-state index contributed by atoms with van der Waals surface area (Å²) in [7, 11) is 3.37. The molecule has 1 N–H and O–H groups in total. The lowest BCUT2D eigenvalue weighted by Crippen LogP contribution is -2.44. The Hall–Kier alpha value is -1.26. The maximum Gasteiger partial charge on any atom is 0.194 e.